The highest BCUT2D eigenvalue weighted by atomic mass is 31.2. The lowest BCUT2D eigenvalue weighted by Gasteiger charge is -2.09. The Kier molecular flexibility index (Phi) is 3.81. The van der Waals surface area contributed by atoms with Crippen molar-refractivity contribution in [2.24, 2.45) is 0 Å². The average Bonchev–Trinajstić information content (AvgIpc) is 2.19. The van der Waals surface area contributed by atoms with E-state index in [1.54, 1.807) is 24.3 Å². The zero-order chi connectivity index (χ0) is 10.6. The second-order valence-corrected chi connectivity index (χ2v) is 4.01. The van der Waals surface area contributed by atoms with Crippen LogP contribution in [0.2, 0.25) is 0 Å². The van der Waals surface area contributed by atoms with Crippen LogP contribution in [0, 0.1) is 0 Å². The Morgan fingerprint density at radius 3 is 2.50 bits per heavy atom. The van der Waals surface area contributed by atoms with Gasteiger partial charge >= 0.3 is 5.97 Å². The molecule has 0 aliphatic carbocycles. The van der Waals surface area contributed by atoms with Crippen LogP contribution in [0.25, 0.3) is 0 Å². The van der Waals surface area contributed by atoms with Gasteiger partial charge in [-0.05, 0) is 19.1 Å². The minimum Gasteiger partial charge on any atom is -0.409 e. The van der Waals surface area contributed by atoms with Gasteiger partial charge in [-0.15, -0.1) is 0 Å². The first-order valence-electron chi connectivity index (χ1n) is 4.03. The minimum absolute atomic E-state index is 0.280. The molecule has 0 heterocycles. The van der Waals surface area contributed by atoms with E-state index in [2.05, 4.69) is 6.58 Å². The van der Waals surface area contributed by atoms with E-state index >= 15 is 0 Å². The predicted octanol–water partition coefficient (Wildman–Crippen LogP) is 1.74. The summed E-state index contributed by atoms with van der Waals surface area (Å²) in [6, 6.07) is 8.78. The largest absolute Gasteiger partial charge is 0.409 e. The first-order chi connectivity index (χ1) is 6.61. The second kappa shape index (κ2) is 4.89. The standard InChI is InChI=1S/C10H11O3P/c1-8(2)10(11)13-14(12)9-6-4-3-5-7-9/h3-7,12H,1H2,2H3. The Morgan fingerprint density at radius 1 is 1.43 bits per heavy atom. The van der Waals surface area contributed by atoms with Crippen molar-refractivity contribution in [3.8, 4) is 0 Å². The summed E-state index contributed by atoms with van der Waals surface area (Å²) in [6.45, 7) is 4.96. The third kappa shape index (κ3) is 2.95. The van der Waals surface area contributed by atoms with Crippen LogP contribution < -0.4 is 5.30 Å². The Labute approximate surface area is 83.9 Å². The third-order valence-corrected chi connectivity index (χ3v) is 2.57. The summed E-state index contributed by atoms with van der Waals surface area (Å²) in [5, 5.41) is 0.608. The van der Waals surface area contributed by atoms with Crippen LogP contribution in [0.15, 0.2) is 42.5 Å². The van der Waals surface area contributed by atoms with Gasteiger partial charge in [-0.3, -0.25) is 0 Å². The van der Waals surface area contributed by atoms with E-state index in [1.807, 2.05) is 6.07 Å². The Bertz CT molecular complexity index is 334. The van der Waals surface area contributed by atoms with Gasteiger partial charge in [0, 0.05) is 10.9 Å². The van der Waals surface area contributed by atoms with Gasteiger partial charge in [0.1, 0.15) is 0 Å². The molecule has 0 spiro atoms. The minimum atomic E-state index is -1.86. The molecule has 1 unspecified atom stereocenters. The summed E-state index contributed by atoms with van der Waals surface area (Å²) in [4.78, 5) is 20.6. The molecule has 74 valence electrons. The number of hydrogen-bond acceptors (Lipinski definition) is 3. The van der Waals surface area contributed by atoms with E-state index in [1.165, 1.54) is 6.92 Å². The summed E-state index contributed by atoms with van der Waals surface area (Å²) in [5.74, 6) is -0.567. The molecule has 14 heavy (non-hydrogen) atoms. The molecule has 0 bridgehead atoms. The number of carbonyl (C=O) groups excluding carboxylic acids is 1. The molecule has 1 aromatic carbocycles. The van der Waals surface area contributed by atoms with E-state index < -0.39 is 14.3 Å². The number of hydrogen-bond donors (Lipinski definition) is 1. The molecule has 0 saturated heterocycles. The van der Waals surface area contributed by atoms with Gasteiger partial charge in [0.05, 0.1) is 0 Å². The topological polar surface area (TPSA) is 46.5 Å². The van der Waals surface area contributed by atoms with Crippen molar-refractivity contribution in [1.82, 2.24) is 0 Å². The SMILES string of the molecule is C=C(C)C(=O)OP(O)c1ccccc1. The van der Waals surface area contributed by atoms with Crippen molar-refractivity contribution in [2.75, 3.05) is 0 Å². The van der Waals surface area contributed by atoms with Crippen molar-refractivity contribution in [1.29, 1.82) is 0 Å². The fraction of sp³-hybridized carbons (Fsp3) is 0.100. The maximum Gasteiger partial charge on any atom is 0.337 e. The van der Waals surface area contributed by atoms with E-state index in [0.29, 0.717) is 5.30 Å². The smallest absolute Gasteiger partial charge is 0.337 e. The highest BCUT2D eigenvalue weighted by molar-refractivity contribution is 7.55. The summed E-state index contributed by atoms with van der Waals surface area (Å²) < 4.78 is 4.78. The van der Waals surface area contributed by atoms with Crippen LogP contribution in [0.1, 0.15) is 6.92 Å². The zero-order valence-corrected chi connectivity index (χ0v) is 8.70. The van der Waals surface area contributed by atoms with Crippen molar-refractivity contribution < 1.29 is 14.2 Å². The molecular weight excluding hydrogens is 199 g/mol. The van der Waals surface area contributed by atoms with E-state index in [9.17, 15) is 9.69 Å². The van der Waals surface area contributed by atoms with Gasteiger partial charge in [-0.25, -0.2) is 4.79 Å². The molecule has 0 saturated carbocycles. The molecule has 0 aliphatic heterocycles. The molecular formula is C10H11O3P. The van der Waals surface area contributed by atoms with Crippen molar-refractivity contribution >= 4 is 19.6 Å². The second-order valence-electron chi connectivity index (χ2n) is 2.77. The van der Waals surface area contributed by atoms with Gasteiger partial charge in [-0.1, -0.05) is 24.8 Å². The molecule has 0 aromatic heterocycles. The third-order valence-electron chi connectivity index (χ3n) is 1.49. The van der Waals surface area contributed by atoms with E-state index in [-0.39, 0.29) is 5.57 Å². The number of benzene rings is 1. The Balaban J connectivity index is 2.64. The molecule has 0 fully saturated rings. The molecule has 0 amide bonds. The number of rotatable bonds is 3. The molecule has 0 radical (unpaired) electrons. The maximum atomic E-state index is 11.1. The van der Waals surface area contributed by atoms with Crippen LogP contribution in [0.5, 0.6) is 0 Å². The summed E-state index contributed by atoms with van der Waals surface area (Å²) in [6.07, 6.45) is 0. The van der Waals surface area contributed by atoms with Crippen molar-refractivity contribution in [3.05, 3.63) is 42.5 Å². The summed E-state index contributed by atoms with van der Waals surface area (Å²) in [7, 11) is -1.86. The molecule has 3 nitrogen and oxygen atoms in total. The van der Waals surface area contributed by atoms with Crippen LogP contribution in [0.4, 0.5) is 0 Å². The average molecular weight is 210 g/mol. The van der Waals surface area contributed by atoms with Gasteiger partial charge in [0.2, 0.25) is 0 Å². The highest BCUT2D eigenvalue weighted by Gasteiger charge is 2.14. The van der Waals surface area contributed by atoms with E-state index in [0.717, 1.165) is 0 Å². The van der Waals surface area contributed by atoms with E-state index in [4.69, 9.17) is 4.52 Å². The number of carbonyl (C=O) groups is 1. The zero-order valence-electron chi connectivity index (χ0n) is 7.80. The van der Waals surface area contributed by atoms with Crippen LogP contribution in [0.3, 0.4) is 0 Å². The lowest BCUT2D eigenvalue weighted by Crippen LogP contribution is -2.07. The quantitative estimate of drug-likeness (QED) is 0.610. The van der Waals surface area contributed by atoms with Crippen molar-refractivity contribution in [3.63, 3.8) is 0 Å². The first kappa shape index (κ1) is 10.9. The maximum absolute atomic E-state index is 11.1. The normalized spacial score (nSPS) is 11.9. The first-order valence-corrected chi connectivity index (χ1v) is 5.24. The molecule has 1 N–H and O–H groups in total. The van der Waals surface area contributed by atoms with Gasteiger partial charge in [-0.2, -0.15) is 0 Å². The molecule has 1 atom stereocenters. The van der Waals surface area contributed by atoms with Gasteiger partial charge in [0.15, 0.2) is 0 Å². The summed E-state index contributed by atoms with van der Waals surface area (Å²) in [5.41, 5.74) is 0.280. The lowest BCUT2D eigenvalue weighted by atomic mass is 10.4. The fourth-order valence-corrected chi connectivity index (χ4v) is 1.61. The molecule has 1 aromatic rings. The fourth-order valence-electron chi connectivity index (χ4n) is 0.765. The van der Waals surface area contributed by atoms with Gasteiger partial charge < -0.3 is 9.42 Å². The predicted molar refractivity (Wildman–Crippen MR) is 56.1 cm³/mol. The highest BCUT2D eigenvalue weighted by Crippen LogP contribution is 2.30. The monoisotopic (exact) mass is 210 g/mol. The molecule has 1 rings (SSSR count). The Morgan fingerprint density at radius 2 is 2.00 bits per heavy atom. The van der Waals surface area contributed by atoms with Crippen LogP contribution in [-0.4, -0.2) is 10.9 Å². The Hall–Kier alpha value is -1.18. The van der Waals surface area contributed by atoms with Crippen LogP contribution in [-0.2, 0) is 9.32 Å². The molecule has 4 heteroatoms. The van der Waals surface area contributed by atoms with Crippen LogP contribution >= 0.6 is 8.38 Å². The summed E-state index contributed by atoms with van der Waals surface area (Å²) >= 11 is 0. The molecule has 0 aliphatic rings. The van der Waals surface area contributed by atoms with Crippen molar-refractivity contribution in [2.45, 2.75) is 6.92 Å². The lowest BCUT2D eigenvalue weighted by molar-refractivity contribution is -0.129. The van der Waals surface area contributed by atoms with Gasteiger partial charge in [0.25, 0.3) is 8.38 Å².